The summed E-state index contributed by atoms with van der Waals surface area (Å²) >= 11 is 0. The summed E-state index contributed by atoms with van der Waals surface area (Å²) < 4.78 is 17.5. The van der Waals surface area contributed by atoms with Crippen LogP contribution in [0.3, 0.4) is 0 Å². The molecule has 3 aromatic rings. The maximum Gasteiger partial charge on any atom is 0.345 e. The van der Waals surface area contributed by atoms with Gasteiger partial charge in [0.25, 0.3) is 5.69 Å². The van der Waals surface area contributed by atoms with Gasteiger partial charge in [-0.25, -0.2) is 9.78 Å². The molecular weight excluding hydrogens is 354 g/mol. The predicted octanol–water partition coefficient (Wildman–Crippen LogP) is 3.01. The number of nitrogens with zero attached hydrogens (tertiary/aromatic N) is 3. The Kier molecular flexibility index (Phi) is 5.20. The first-order valence-corrected chi connectivity index (χ1v) is 8.12. The van der Waals surface area contributed by atoms with Gasteiger partial charge in [0.1, 0.15) is 17.8 Å². The van der Waals surface area contributed by atoms with Crippen molar-refractivity contribution in [2.45, 2.75) is 13.5 Å². The summed E-state index contributed by atoms with van der Waals surface area (Å²) in [7, 11) is 1.36. The number of hydrogen-bond donors (Lipinski definition) is 0. The van der Waals surface area contributed by atoms with E-state index in [9.17, 15) is 14.9 Å². The summed E-state index contributed by atoms with van der Waals surface area (Å²) in [5.74, 6) is -0.451. The number of methoxy groups -OCH3 is 1. The van der Waals surface area contributed by atoms with Crippen molar-refractivity contribution in [2.24, 2.45) is 0 Å². The van der Waals surface area contributed by atoms with Crippen LogP contribution in [0.5, 0.6) is 11.5 Å². The molecule has 27 heavy (non-hydrogen) atoms. The van der Waals surface area contributed by atoms with Crippen LogP contribution < -0.4 is 9.47 Å². The van der Waals surface area contributed by atoms with Gasteiger partial charge in [-0.3, -0.25) is 10.1 Å². The number of nitro benzene ring substituents is 1. The Bertz CT molecular complexity index is 965. The van der Waals surface area contributed by atoms with E-state index >= 15 is 0 Å². The molecule has 0 radical (unpaired) electrons. The number of aromatic nitrogens is 2. The van der Waals surface area contributed by atoms with Crippen molar-refractivity contribution in [3.8, 4) is 11.5 Å². The van der Waals surface area contributed by atoms with Gasteiger partial charge in [-0.15, -0.1) is 0 Å². The van der Waals surface area contributed by atoms with E-state index in [1.807, 2.05) is 24.4 Å². The first-order valence-electron chi connectivity index (χ1n) is 8.12. The van der Waals surface area contributed by atoms with Crippen LogP contribution in [-0.4, -0.2) is 34.0 Å². The molecule has 0 saturated carbocycles. The van der Waals surface area contributed by atoms with Crippen LogP contribution in [0.25, 0.3) is 5.65 Å². The Morgan fingerprint density at radius 3 is 2.78 bits per heavy atom. The minimum Gasteiger partial charge on any atom is -0.493 e. The van der Waals surface area contributed by atoms with E-state index in [0.717, 1.165) is 6.07 Å². The van der Waals surface area contributed by atoms with Gasteiger partial charge >= 0.3 is 5.97 Å². The second kappa shape index (κ2) is 7.73. The standard InChI is InChI=1S/C18H17N3O6/c1-3-26-16-8-13(14(21(23)24)9-15(16)25-2)18(22)27-11-12-10-20-7-5-4-6-17(20)19-12/h4-10H,3,11H2,1-2H3. The van der Waals surface area contributed by atoms with E-state index < -0.39 is 16.6 Å². The Morgan fingerprint density at radius 1 is 1.30 bits per heavy atom. The predicted molar refractivity (Wildman–Crippen MR) is 95.1 cm³/mol. The number of hydrogen-bond acceptors (Lipinski definition) is 7. The lowest BCUT2D eigenvalue weighted by Crippen LogP contribution is -2.10. The lowest BCUT2D eigenvalue weighted by Gasteiger charge is -2.11. The lowest BCUT2D eigenvalue weighted by molar-refractivity contribution is -0.385. The van der Waals surface area contributed by atoms with E-state index in [0.29, 0.717) is 17.9 Å². The van der Waals surface area contributed by atoms with Gasteiger partial charge in [0.05, 0.1) is 30.4 Å². The quantitative estimate of drug-likeness (QED) is 0.357. The third-order valence-corrected chi connectivity index (χ3v) is 3.76. The van der Waals surface area contributed by atoms with Crippen molar-refractivity contribution in [3.05, 3.63) is 64.1 Å². The normalized spacial score (nSPS) is 10.6. The number of imidazole rings is 1. The molecule has 3 rings (SSSR count). The number of nitro groups is 1. The second-order valence-electron chi connectivity index (χ2n) is 5.48. The zero-order valence-electron chi connectivity index (χ0n) is 14.7. The maximum absolute atomic E-state index is 12.5. The van der Waals surface area contributed by atoms with Gasteiger partial charge in [-0.2, -0.15) is 0 Å². The van der Waals surface area contributed by atoms with Gasteiger partial charge in [-0.05, 0) is 19.1 Å². The van der Waals surface area contributed by atoms with Crippen LogP contribution in [0.15, 0.2) is 42.7 Å². The Balaban J connectivity index is 1.85. The Hall–Kier alpha value is -3.62. The van der Waals surface area contributed by atoms with Crippen molar-refractivity contribution >= 4 is 17.3 Å². The Morgan fingerprint density at radius 2 is 2.11 bits per heavy atom. The number of carbonyl (C=O) groups excluding carboxylic acids is 1. The molecule has 0 aliphatic carbocycles. The van der Waals surface area contributed by atoms with E-state index in [1.165, 1.54) is 13.2 Å². The zero-order valence-corrected chi connectivity index (χ0v) is 14.7. The van der Waals surface area contributed by atoms with Crippen LogP contribution in [0, 0.1) is 10.1 Å². The second-order valence-corrected chi connectivity index (χ2v) is 5.48. The van der Waals surface area contributed by atoms with Crippen molar-refractivity contribution in [3.63, 3.8) is 0 Å². The maximum atomic E-state index is 12.5. The molecule has 9 nitrogen and oxygen atoms in total. The van der Waals surface area contributed by atoms with E-state index in [1.54, 1.807) is 17.5 Å². The summed E-state index contributed by atoms with van der Waals surface area (Å²) in [6.07, 6.45) is 3.53. The van der Waals surface area contributed by atoms with Gasteiger partial charge < -0.3 is 18.6 Å². The van der Waals surface area contributed by atoms with E-state index in [-0.39, 0.29) is 23.7 Å². The summed E-state index contributed by atoms with van der Waals surface area (Å²) in [5.41, 5.74) is 0.594. The number of fused-ring (bicyclic) bond motifs is 1. The molecule has 2 aromatic heterocycles. The molecule has 2 heterocycles. The minimum atomic E-state index is -0.845. The van der Waals surface area contributed by atoms with Crippen molar-refractivity contribution < 1.29 is 23.9 Å². The van der Waals surface area contributed by atoms with Crippen LogP contribution in [0.1, 0.15) is 23.0 Å². The molecule has 0 fully saturated rings. The number of ether oxygens (including phenoxy) is 3. The van der Waals surface area contributed by atoms with Crippen LogP contribution in [-0.2, 0) is 11.3 Å². The smallest absolute Gasteiger partial charge is 0.345 e. The van der Waals surface area contributed by atoms with Crippen LogP contribution in [0.2, 0.25) is 0 Å². The Labute approximate surface area is 154 Å². The number of esters is 1. The molecule has 0 amide bonds. The SMILES string of the molecule is CCOc1cc(C(=O)OCc2cn3ccccc3n2)c([N+](=O)[O-])cc1OC. The van der Waals surface area contributed by atoms with Gasteiger partial charge in [0, 0.05) is 18.5 Å². The molecule has 1 aromatic carbocycles. The fourth-order valence-electron chi connectivity index (χ4n) is 2.57. The summed E-state index contributed by atoms with van der Waals surface area (Å²) in [6, 6.07) is 7.90. The third-order valence-electron chi connectivity index (χ3n) is 3.76. The monoisotopic (exact) mass is 371 g/mol. The molecule has 0 unspecified atom stereocenters. The third kappa shape index (κ3) is 3.81. The highest BCUT2D eigenvalue weighted by Gasteiger charge is 2.26. The first kappa shape index (κ1) is 18.2. The molecule has 140 valence electrons. The highest BCUT2D eigenvalue weighted by atomic mass is 16.6. The molecule has 0 aliphatic heterocycles. The average molecular weight is 371 g/mol. The first-order chi connectivity index (χ1) is 13.0. The summed E-state index contributed by atoms with van der Waals surface area (Å²) in [6.45, 7) is 1.94. The highest BCUT2D eigenvalue weighted by molar-refractivity contribution is 5.95. The fraction of sp³-hybridized carbons (Fsp3) is 0.222. The zero-order chi connectivity index (χ0) is 19.4. The molecule has 0 aliphatic rings. The van der Waals surface area contributed by atoms with Crippen molar-refractivity contribution in [1.29, 1.82) is 0 Å². The fourth-order valence-corrected chi connectivity index (χ4v) is 2.57. The van der Waals surface area contributed by atoms with Crippen LogP contribution in [0.4, 0.5) is 5.69 Å². The topological polar surface area (TPSA) is 105 Å². The summed E-state index contributed by atoms with van der Waals surface area (Å²) in [5, 5.41) is 11.3. The number of pyridine rings is 1. The van der Waals surface area contributed by atoms with E-state index in [4.69, 9.17) is 14.2 Å². The van der Waals surface area contributed by atoms with Gasteiger partial charge in [0.2, 0.25) is 0 Å². The molecular formula is C18H17N3O6. The van der Waals surface area contributed by atoms with Crippen molar-refractivity contribution in [2.75, 3.05) is 13.7 Å². The van der Waals surface area contributed by atoms with Gasteiger partial charge in [0.15, 0.2) is 11.5 Å². The number of rotatable bonds is 7. The van der Waals surface area contributed by atoms with Crippen molar-refractivity contribution in [1.82, 2.24) is 9.38 Å². The molecule has 0 bridgehead atoms. The molecule has 0 spiro atoms. The van der Waals surface area contributed by atoms with E-state index in [2.05, 4.69) is 4.98 Å². The molecule has 0 atom stereocenters. The largest absolute Gasteiger partial charge is 0.493 e. The minimum absolute atomic E-state index is 0.117. The summed E-state index contributed by atoms with van der Waals surface area (Å²) in [4.78, 5) is 27.4. The number of benzene rings is 1. The molecule has 9 heteroatoms. The van der Waals surface area contributed by atoms with Gasteiger partial charge in [-0.1, -0.05) is 6.07 Å². The molecule has 0 saturated heterocycles. The average Bonchev–Trinajstić information content (AvgIpc) is 3.08. The number of carbonyl (C=O) groups is 1. The lowest BCUT2D eigenvalue weighted by atomic mass is 10.1. The highest BCUT2D eigenvalue weighted by Crippen LogP contribution is 2.35. The molecule has 0 N–H and O–H groups in total. The van der Waals surface area contributed by atoms with Crippen LogP contribution >= 0.6 is 0 Å².